The van der Waals surface area contributed by atoms with Crippen LogP contribution in [0.5, 0.6) is 0 Å². The average Bonchev–Trinajstić information content (AvgIpc) is 2.99. The van der Waals surface area contributed by atoms with E-state index in [0.29, 0.717) is 11.0 Å². The lowest BCUT2D eigenvalue weighted by Crippen LogP contribution is -2.28. The molecule has 0 radical (unpaired) electrons. The van der Waals surface area contributed by atoms with Crippen molar-refractivity contribution >= 4 is 39.1 Å². The van der Waals surface area contributed by atoms with Gasteiger partial charge in [-0.25, -0.2) is 9.55 Å². The lowest BCUT2D eigenvalue weighted by atomic mass is 10.1. The molecule has 0 fully saturated rings. The summed E-state index contributed by atoms with van der Waals surface area (Å²) in [6, 6.07) is 7.59. The van der Waals surface area contributed by atoms with Gasteiger partial charge in [0.15, 0.2) is 0 Å². The van der Waals surface area contributed by atoms with Gasteiger partial charge in [-0.15, -0.1) is 11.3 Å². The van der Waals surface area contributed by atoms with Gasteiger partial charge in [0.05, 0.1) is 11.1 Å². The van der Waals surface area contributed by atoms with E-state index in [1.54, 1.807) is 15.9 Å². The fraction of sp³-hybridized carbons (Fsp3) is 0.400. The van der Waals surface area contributed by atoms with Crippen molar-refractivity contribution in [3.8, 4) is 5.69 Å². The van der Waals surface area contributed by atoms with Crippen LogP contribution in [0.4, 0.5) is 5.95 Å². The number of rotatable bonds is 4. The molecule has 3 heterocycles. The van der Waals surface area contributed by atoms with Crippen molar-refractivity contribution in [2.24, 2.45) is 0 Å². The predicted molar refractivity (Wildman–Crippen MR) is 114 cm³/mol. The third-order valence-electron chi connectivity index (χ3n) is 5.12. The number of nitrogens with one attached hydrogen (secondary N) is 1. The van der Waals surface area contributed by atoms with Gasteiger partial charge in [0.25, 0.3) is 5.56 Å². The standard InChI is InChI=1S/C20H23ClN4OS/c1-4-12(2)22-20-23-18-17(15-8-9-24(3)11-16(15)27-18)19(26)25(20)14-7-5-6-13(21)10-14/h5-7,10,12H,4,8-9,11H2,1-3H3,(H,22,23). The maximum Gasteiger partial charge on any atom is 0.268 e. The summed E-state index contributed by atoms with van der Waals surface area (Å²) in [5.74, 6) is 0.580. The lowest BCUT2D eigenvalue weighted by molar-refractivity contribution is 0.318. The van der Waals surface area contributed by atoms with Gasteiger partial charge in [0, 0.05) is 29.0 Å². The average molecular weight is 403 g/mol. The molecule has 4 rings (SSSR count). The number of halogens is 1. The molecule has 0 saturated heterocycles. The Kier molecular flexibility index (Phi) is 4.97. The van der Waals surface area contributed by atoms with Crippen molar-refractivity contribution < 1.29 is 0 Å². The summed E-state index contributed by atoms with van der Waals surface area (Å²) in [6.45, 7) is 6.04. The van der Waals surface area contributed by atoms with Gasteiger partial charge < -0.3 is 10.2 Å². The van der Waals surface area contributed by atoms with Crippen LogP contribution in [0.15, 0.2) is 29.1 Å². The van der Waals surface area contributed by atoms with Crippen LogP contribution in [0.2, 0.25) is 5.02 Å². The van der Waals surface area contributed by atoms with E-state index in [1.165, 1.54) is 4.88 Å². The zero-order valence-corrected chi connectivity index (χ0v) is 17.3. The van der Waals surface area contributed by atoms with Crippen LogP contribution >= 0.6 is 22.9 Å². The highest BCUT2D eigenvalue weighted by atomic mass is 35.5. The number of likely N-dealkylation sites (N-methyl/N-ethyl adjacent to an activating group) is 1. The summed E-state index contributed by atoms with van der Waals surface area (Å²) in [4.78, 5) is 22.8. The molecule has 142 valence electrons. The van der Waals surface area contributed by atoms with Crippen molar-refractivity contribution in [1.29, 1.82) is 0 Å². The maximum atomic E-state index is 13.6. The molecule has 0 bridgehead atoms. The lowest BCUT2D eigenvalue weighted by Gasteiger charge is -2.22. The van der Waals surface area contributed by atoms with Crippen molar-refractivity contribution in [2.75, 3.05) is 18.9 Å². The molecule has 0 saturated carbocycles. The van der Waals surface area contributed by atoms with Gasteiger partial charge in [-0.3, -0.25) is 4.79 Å². The highest BCUT2D eigenvalue weighted by Crippen LogP contribution is 2.33. The molecule has 27 heavy (non-hydrogen) atoms. The second-order valence-corrected chi connectivity index (χ2v) is 8.70. The fourth-order valence-corrected chi connectivity index (χ4v) is 4.92. The number of nitrogens with zero attached hydrogens (tertiary/aromatic N) is 3. The molecular formula is C20H23ClN4OS. The molecule has 1 unspecified atom stereocenters. The molecule has 1 aliphatic heterocycles. The Morgan fingerprint density at radius 3 is 2.96 bits per heavy atom. The van der Waals surface area contributed by atoms with E-state index in [9.17, 15) is 4.79 Å². The summed E-state index contributed by atoms with van der Waals surface area (Å²) in [5, 5.41) is 4.77. The molecular weight excluding hydrogens is 380 g/mol. The summed E-state index contributed by atoms with van der Waals surface area (Å²) in [5.41, 5.74) is 1.88. The molecule has 1 N–H and O–H groups in total. The van der Waals surface area contributed by atoms with Gasteiger partial charge >= 0.3 is 0 Å². The van der Waals surface area contributed by atoms with Gasteiger partial charge in [-0.05, 0) is 50.6 Å². The van der Waals surface area contributed by atoms with E-state index in [2.05, 4.69) is 31.1 Å². The first-order valence-electron chi connectivity index (χ1n) is 9.26. The number of benzene rings is 1. The molecule has 0 spiro atoms. The third-order valence-corrected chi connectivity index (χ3v) is 6.47. The monoisotopic (exact) mass is 402 g/mol. The van der Waals surface area contributed by atoms with E-state index < -0.39 is 0 Å². The van der Waals surface area contributed by atoms with Crippen LogP contribution in [0.1, 0.15) is 30.7 Å². The smallest absolute Gasteiger partial charge is 0.268 e. The zero-order valence-electron chi connectivity index (χ0n) is 15.8. The summed E-state index contributed by atoms with van der Waals surface area (Å²) < 4.78 is 1.67. The van der Waals surface area contributed by atoms with Crippen LogP contribution < -0.4 is 10.9 Å². The third kappa shape index (κ3) is 3.37. The molecule has 5 nitrogen and oxygen atoms in total. The predicted octanol–water partition coefficient (Wildman–Crippen LogP) is 4.30. The first kappa shape index (κ1) is 18.5. The van der Waals surface area contributed by atoms with Crippen LogP contribution in [0.25, 0.3) is 15.9 Å². The van der Waals surface area contributed by atoms with Crippen molar-refractivity contribution in [2.45, 2.75) is 39.3 Å². The van der Waals surface area contributed by atoms with Crippen LogP contribution in [-0.2, 0) is 13.0 Å². The molecule has 2 aromatic heterocycles. The minimum Gasteiger partial charge on any atom is -0.353 e. The Bertz CT molecular complexity index is 1060. The Labute approximate surface area is 167 Å². The van der Waals surface area contributed by atoms with Gasteiger partial charge in [0.2, 0.25) is 5.95 Å². The zero-order chi connectivity index (χ0) is 19.1. The van der Waals surface area contributed by atoms with Gasteiger partial charge in [-0.1, -0.05) is 24.6 Å². The van der Waals surface area contributed by atoms with E-state index in [0.717, 1.165) is 47.4 Å². The highest BCUT2D eigenvalue weighted by Gasteiger charge is 2.24. The Morgan fingerprint density at radius 2 is 2.22 bits per heavy atom. The Morgan fingerprint density at radius 1 is 1.41 bits per heavy atom. The SMILES string of the molecule is CCC(C)Nc1nc2sc3c(c2c(=O)n1-c1cccc(Cl)c1)CCN(C)C3. The highest BCUT2D eigenvalue weighted by molar-refractivity contribution is 7.18. The summed E-state index contributed by atoms with van der Waals surface area (Å²) >= 11 is 7.84. The number of anilines is 1. The van der Waals surface area contributed by atoms with Crippen molar-refractivity contribution in [3.05, 3.63) is 50.1 Å². The fourth-order valence-electron chi connectivity index (χ4n) is 3.44. The number of aromatic nitrogens is 2. The first-order valence-corrected chi connectivity index (χ1v) is 10.5. The van der Waals surface area contributed by atoms with Crippen LogP contribution in [0.3, 0.4) is 0 Å². The first-order chi connectivity index (χ1) is 13.0. The van der Waals surface area contributed by atoms with Gasteiger partial charge in [-0.2, -0.15) is 0 Å². The molecule has 1 atom stereocenters. The number of fused-ring (bicyclic) bond motifs is 3. The van der Waals surface area contributed by atoms with E-state index >= 15 is 0 Å². The van der Waals surface area contributed by atoms with E-state index in [-0.39, 0.29) is 11.6 Å². The number of thiophene rings is 1. The Balaban J connectivity index is 1.99. The molecule has 0 aliphatic carbocycles. The maximum absolute atomic E-state index is 13.6. The minimum absolute atomic E-state index is 0.0184. The quantitative estimate of drug-likeness (QED) is 0.706. The van der Waals surface area contributed by atoms with Crippen molar-refractivity contribution in [1.82, 2.24) is 14.5 Å². The van der Waals surface area contributed by atoms with Crippen LogP contribution in [-0.4, -0.2) is 34.1 Å². The van der Waals surface area contributed by atoms with Crippen LogP contribution in [0, 0.1) is 0 Å². The van der Waals surface area contributed by atoms with E-state index in [4.69, 9.17) is 16.6 Å². The normalized spacial score (nSPS) is 15.7. The minimum atomic E-state index is -0.0184. The molecule has 1 aromatic carbocycles. The second-order valence-electron chi connectivity index (χ2n) is 7.18. The second kappa shape index (κ2) is 7.26. The molecule has 7 heteroatoms. The van der Waals surface area contributed by atoms with E-state index in [1.807, 2.05) is 24.3 Å². The number of hydrogen-bond acceptors (Lipinski definition) is 5. The van der Waals surface area contributed by atoms with Gasteiger partial charge in [0.1, 0.15) is 4.83 Å². The van der Waals surface area contributed by atoms with Crippen molar-refractivity contribution in [3.63, 3.8) is 0 Å². The number of hydrogen-bond donors (Lipinski definition) is 1. The molecule has 1 aliphatic rings. The molecule has 0 amide bonds. The summed E-state index contributed by atoms with van der Waals surface area (Å²) in [6.07, 6.45) is 1.83. The molecule has 3 aromatic rings. The Hall–Kier alpha value is -1.89. The topological polar surface area (TPSA) is 50.2 Å². The summed E-state index contributed by atoms with van der Waals surface area (Å²) in [7, 11) is 2.11. The largest absolute Gasteiger partial charge is 0.353 e.